The Bertz CT molecular complexity index is 1090. The molecule has 1 amide bonds. The Labute approximate surface area is 162 Å². The number of ether oxygens (including phenoxy) is 2. The Morgan fingerprint density at radius 3 is 2.56 bits per heavy atom. The first-order chi connectivity index (χ1) is 13.0. The van der Waals surface area contributed by atoms with Crippen LogP contribution in [0.15, 0.2) is 48.0 Å². The zero-order chi connectivity index (χ0) is 19.6. The van der Waals surface area contributed by atoms with E-state index in [-0.39, 0.29) is 5.91 Å². The van der Waals surface area contributed by atoms with Crippen molar-refractivity contribution in [2.75, 3.05) is 14.2 Å². The number of hydrogen-bond acceptors (Lipinski definition) is 4. The number of rotatable bonds is 5. The first-order valence-electron chi connectivity index (χ1n) is 8.51. The van der Waals surface area contributed by atoms with Crippen LogP contribution in [-0.4, -0.2) is 24.7 Å². The number of carbonyl (C=O) groups is 1. The van der Waals surface area contributed by atoms with Crippen molar-refractivity contribution >= 4 is 27.5 Å². The van der Waals surface area contributed by atoms with E-state index < -0.39 is 0 Å². The number of fused-ring (bicyclic) bond motifs is 1. The van der Waals surface area contributed by atoms with Crippen LogP contribution in [0.1, 0.15) is 21.5 Å². The van der Waals surface area contributed by atoms with E-state index in [2.05, 4.69) is 11.6 Å². The van der Waals surface area contributed by atoms with E-state index in [1.165, 1.54) is 11.3 Å². The minimum absolute atomic E-state index is 0.250. The quantitative estimate of drug-likeness (QED) is 0.620. The van der Waals surface area contributed by atoms with E-state index in [1.54, 1.807) is 20.3 Å². The molecule has 1 aromatic heterocycles. The van der Waals surface area contributed by atoms with Gasteiger partial charge in [-0.05, 0) is 25.5 Å². The molecular formula is C21H22N2O3S. The summed E-state index contributed by atoms with van der Waals surface area (Å²) < 4.78 is 13.7. The zero-order valence-corrected chi connectivity index (χ0v) is 16.7. The van der Waals surface area contributed by atoms with Crippen LogP contribution in [-0.2, 0) is 6.54 Å². The lowest BCUT2D eigenvalue weighted by atomic mass is 10.1. The van der Waals surface area contributed by atoms with Crippen molar-refractivity contribution < 1.29 is 14.3 Å². The molecule has 0 fully saturated rings. The molecule has 3 aromatic rings. The number of nitrogens with zero attached hydrogens (tertiary/aromatic N) is 2. The second-order valence-electron chi connectivity index (χ2n) is 6.19. The Morgan fingerprint density at radius 2 is 1.89 bits per heavy atom. The maximum absolute atomic E-state index is 12.8. The molecule has 0 saturated carbocycles. The molecule has 140 valence electrons. The van der Waals surface area contributed by atoms with Gasteiger partial charge in [-0.3, -0.25) is 4.79 Å². The zero-order valence-electron chi connectivity index (χ0n) is 15.9. The average molecular weight is 382 g/mol. The fourth-order valence-corrected chi connectivity index (χ4v) is 3.95. The molecule has 0 unspecified atom stereocenters. The lowest BCUT2D eigenvalue weighted by Gasteiger charge is -2.08. The molecule has 0 aliphatic carbocycles. The molecule has 0 N–H and O–H groups in total. The van der Waals surface area contributed by atoms with E-state index in [0.29, 0.717) is 28.4 Å². The maximum Gasteiger partial charge on any atom is 0.279 e. The van der Waals surface area contributed by atoms with Gasteiger partial charge in [-0.15, -0.1) is 6.58 Å². The van der Waals surface area contributed by atoms with E-state index in [4.69, 9.17) is 9.47 Å². The van der Waals surface area contributed by atoms with Gasteiger partial charge >= 0.3 is 0 Å². The van der Waals surface area contributed by atoms with Crippen molar-refractivity contribution in [3.05, 3.63) is 64.5 Å². The predicted octanol–water partition coefficient (Wildman–Crippen LogP) is 4.26. The maximum atomic E-state index is 12.8. The van der Waals surface area contributed by atoms with Crippen LogP contribution in [0.2, 0.25) is 0 Å². The van der Waals surface area contributed by atoms with Gasteiger partial charge in [-0.25, -0.2) is 0 Å². The van der Waals surface area contributed by atoms with E-state index >= 15 is 0 Å². The summed E-state index contributed by atoms with van der Waals surface area (Å²) in [5, 5.41) is 0. The van der Waals surface area contributed by atoms with Crippen LogP contribution in [0, 0.1) is 13.8 Å². The summed E-state index contributed by atoms with van der Waals surface area (Å²) in [6.45, 7) is 8.24. The number of benzene rings is 2. The molecule has 0 aliphatic rings. The summed E-state index contributed by atoms with van der Waals surface area (Å²) in [6, 6.07) is 9.60. The van der Waals surface area contributed by atoms with Gasteiger partial charge < -0.3 is 14.0 Å². The smallest absolute Gasteiger partial charge is 0.279 e. The highest BCUT2D eigenvalue weighted by Gasteiger charge is 2.14. The summed E-state index contributed by atoms with van der Waals surface area (Å²) in [7, 11) is 3.20. The van der Waals surface area contributed by atoms with Crippen molar-refractivity contribution in [1.82, 2.24) is 4.57 Å². The average Bonchev–Trinajstić information content (AvgIpc) is 2.98. The number of aryl methyl sites for hydroxylation is 2. The lowest BCUT2D eigenvalue weighted by molar-refractivity contribution is 0.0997. The van der Waals surface area contributed by atoms with E-state index in [1.807, 2.05) is 48.7 Å². The largest absolute Gasteiger partial charge is 0.493 e. The van der Waals surface area contributed by atoms with Crippen LogP contribution in [0.4, 0.5) is 0 Å². The topological polar surface area (TPSA) is 52.8 Å². The molecule has 0 saturated heterocycles. The minimum Gasteiger partial charge on any atom is -0.493 e. The Morgan fingerprint density at radius 1 is 1.19 bits per heavy atom. The van der Waals surface area contributed by atoms with Crippen LogP contribution < -0.4 is 14.3 Å². The van der Waals surface area contributed by atoms with Crippen molar-refractivity contribution in [3.8, 4) is 11.5 Å². The Kier molecular flexibility index (Phi) is 5.46. The molecule has 27 heavy (non-hydrogen) atoms. The number of thiazole rings is 1. The van der Waals surface area contributed by atoms with Crippen molar-refractivity contribution in [2.24, 2.45) is 4.99 Å². The summed E-state index contributed by atoms with van der Waals surface area (Å²) in [5.41, 5.74) is 3.48. The number of aromatic nitrogens is 1. The molecule has 0 radical (unpaired) electrons. The second-order valence-corrected chi connectivity index (χ2v) is 7.20. The van der Waals surface area contributed by atoms with Gasteiger partial charge in [0.15, 0.2) is 16.3 Å². The van der Waals surface area contributed by atoms with Gasteiger partial charge in [0, 0.05) is 24.2 Å². The third-order valence-corrected chi connectivity index (χ3v) is 5.36. The molecule has 0 atom stereocenters. The van der Waals surface area contributed by atoms with Gasteiger partial charge in [0.1, 0.15) is 0 Å². The molecule has 2 aromatic carbocycles. The molecule has 5 nitrogen and oxygen atoms in total. The van der Waals surface area contributed by atoms with E-state index in [0.717, 1.165) is 21.3 Å². The van der Waals surface area contributed by atoms with Gasteiger partial charge in [0.05, 0.1) is 24.4 Å². The standard InChI is InChI=1S/C21H22N2O3S/c1-6-9-23-16-11-17(25-4)18(26-5)12-19(16)27-21(23)22-20(24)15-10-13(2)7-8-14(15)3/h6-8,10-12H,1,9H2,2-5H3. The fourth-order valence-electron chi connectivity index (χ4n) is 2.90. The Balaban J connectivity index is 2.21. The molecule has 0 aliphatic heterocycles. The number of hydrogen-bond donors (Lipinski definition) is 0. The van der Waals surface area contributed by atoms with Gasteiger partial charge in [-0.2, -0.15) is 4.99 Å². The van der Waals surface area contributed by atoms with Crippen LogP contribution in [0.3, 0.4) is 0 Å². The second kappa shape index (κ2) is 7.80. The van der Waals surface area contributed by atoms with E-state index in [9.17, 15) is 4.79 Å². The van der Waals surface area contributed by atoms with Crippen molar-refractivity contribution in [1.29, 1.82) is 0 Å². The van der Waals surface area contributed by atoms with Crippen LogP contribution in [0.5, 0.6) is 11.5 Å². The summed E-state index contributed by atoms with van der Waals surface area (Å²) in [4.78, 5) is 17.8. The number of allylic oxidation sites excluding steroid dienone is 1. The van der Waals surface area contributed by atoms with Crippen molar-refractivity contribution in [3.63, 3.8) is 0 Å². The summed E-state index contributed by atoms with van der Waals surface area (Å²) >= 11 is 1.44. The Hall–Kier alpha value is -2.86. The third-order valence-electron chi connectivity index (χ3n) is 4.32. The van der Waals surface area contributed by atoms with Crippen LogP contribution in [0.25, 0.3) is 10.2 Å². The van der Waals surface area contributed by atoms with Gasteiger partial charge in [0.25, 0.3) is 5.91 Å². The molecule has 6 heteroatoms. The first kappa shape index (κ1) is 18.9. The SMILES string of the molecule is C=CCn1c(=NC(=O)c2cc(C)ccc2C)sc2cc(OC)c(OC)cc21. The fraction of sp³-hybridized carbons (Fsp3) is 0.238. The monoisotopic (exact) mass is 382 g/mol. The summed E-state index contributed by atoms with van der Waals surface area (Å²) in [6.07, 6.45) is 1.78. The first-order valence-corrected chi connectivity index (χ1v) is 9.32. The highest BCUT2D eigenvalue weighted by atomic mass is 32.1. The lowest BCUT2D eigenvalue weighted by Crippen LogP contribution is -2.16. The number of amides is 1. The number of methoxy groups -OCH3 is 2. The minimum atomic E-state index is -0.250. The highest BCUT2D eigenvalue weighted by Crippen LogP contribution is 2.33. The van der Waals surface area contributed by atoms with Crippen molar-refractivity contribution in [2.45, 2.75) is 20.4 Å². The molecule has 0 bridgehead atoms. The predicted molar refractivity (Wildman–Crippen MR) is 109 cm³/mol. The molecule has 3 rings (SSSR count). The van der Waals surface area contributed by atoms with Gasteiger partial charge in [-0.1, -0.05) is 35.1 Å². The summed E-state index contributed by atoms with van der Waals surface area (Å²) in [5.74, 6) is 1.02. The highest BCUT2D eigenvalue weighted by molar-refractivity contribution is 7.16. The molecular weight excluding hydrogens is 360 g/mol. The normalized spacial score (nSPS) is 11.6. The van der Waals surface area contributed by atoms with Gasteiger partial charge in [0.2, 0.25) is 0 Å². The molecule has 0 spiro atoms. The van der Waals surface area contributed by atoms with Crippen LogP contribution >= 0.6 is 11.3 Å². The molecule has 1 heterocycles. The third kappa shape index (κ3) is 3.66. The number of carbonyl (C=O) groups excluding carboxylic acids is 1.